The smallest absolute Gasteiger partial charge is 0.257 e. The molecular formula is C13H20N2O2. The molecule has 0 aromatic carbocycles. The Kier molecular flexibility index (Phi) is 3.52. The molecule has 0 aliphatic carbocycles. The van der Waals surface area contributed by atoms with Crippen LogP contribution in [0.3, 0.4) is 0 Å². The van der Waals surface area contributed by atoms with Crippen molar-refractivity contribution < 1.29 is 9.21 Å². The van der Waals surface area contributed by atoms with Crippen LogP contribution in [0.1, 0.15) is 34.7 Å². The van der Waals surface area contributed by atoms with Gasteiger partial charge in [0, 0.05) is 19.1 Å². The van der Waals surface area contributed by atoms with Crippen LogP contribution in [-0.2, 0) is 0 Å². The lowest BCUT2D eigenvalue weighted by molar-refractivity contribution is 0.0696. The van der Waals surface area contributed by atoms with E-state index in [1.807, 2.05) is 31.9 Å². The van der Waals surface area contributed by atoms with Gasteiger partial charge in [-0.25, -0.2) is 0 Å². The first-order valence-corrected chi connectivity index (χ1v) is 6.15. The van der Waals surface area contributed by atoms with Gasteiger partial charge in [-0.15, -0.1) is 0 Å². The fourth-order valence-corrected chi connectivity index (χ4v) is 2.41. The predicted molar refractivity (Wildman–Crippen MR) is 66.2 cm³/mol. The highest BCUT2D eigenvalue weighted by molar-refractivity contribution is 5.95. The molecular weight excluding hydrogens is 216 g/mol. The first kappa shape index (κ1) is 12.2. The van der Waals surface area contributed by atoms with Crippen molar-refractivity contribution in [1.29, 1.82) is 0 Å². The number of carbonyl (C=O) groups is 1. The molecule has 17 heavy (non-hydrogen) atoms. The quantitative estimate of drug-likeness (QED) is 0.850. The molecule has 4 nitrogen and oxygen atoms in total. The first-order valence-electron chi connectivity index (χ1n) is 6.15. The van der Waals surface area contributed by atoms with Gasteiger partial charge in [-0.3, -0.25) is 4.79 Å². The third kappa shape index (κ3) is 2.52. The van der Waals surface area contributed by atoms with E-state index in [0.29, 0.717) is 11.6 Å². The number of amides is 1. The molecule has 0 radical (unpaired) electrons. The normalized spacial score (nSPS) is 20.6. The Bertz CT molecular complexity index is 412. The van der Waals surface area contributed by atoms with E-state index in [1.54, 1.807) is 0 Å². The Balaban J connectivity index is 2.12. The van der Waals surface area contributed by atoms with E-state index in [0.717, 1.165) is 37.5 Å². The van der Waals surface area contributed by atoms with Crippen LogP contribution < -0.4 is 5.32 Å². The fraction of sp³-hybridized carbons (Fsp3) is 0.615. The molecule has 1 fully saturated rings. The minimum Gasteiger partial charge on any atom is -0.466 e. The monoisotopic (exact) mass is 236 g/mol. The van der Waals surface area contributed by atoms with Crippen LogP contribution in [0, 0.1) is 13.8 Å². The van der Waals surface area contributed by atoms with E-state index >= 15 is 0 Å². The van der Waals surface area contributed by atoms with Crippen molar-refractivity contribution in [2.75, 3.05) is 20.1 Å². The average Bonchev–Trinajstić information content (AvgIpc) is 2.67. The van der Waals surface area contributed by atoms with E-state index < -0.39 is 0 Å². The van der Waals surface area contributed by atoms with Crippen LogP contribution >= 0.6 is 0 Å². The SMILES string of the molecule is CN[C@H]1CCCN(C(=O)c2cc(C)oc2C)C1. The fourth-order valence-electron chi connectivity index (χ4n) is 2.41. The lowest BCUT2D eigenvalue weighted by Gasteiger charge is -2.32. The van der Waals surface area contributed by atoms with Gasteiger partial charge < -0.3 is 14.6 Å². The highest BCUT2D eigenvalue weighted by atomic mass is 16.3. The second-order valence-electron chi connectivity index (χ2n) is 4.71. The summed E-state index contributed by atoms with van der Waals surface area (Å²) in [4.78, 5) is 14.3. The Hall–Kier alpha value is -1.29. The predicted octanol–water partition coefficient (Wildman–Crippen LogP) is 1.72. The molecule has 1 aromatic rings. The van der Waals surface area contributed by atoms with Crippen molar-refractivity contribution in [3.05, 3.63) is 23.2 Å². The number of aryl methyl sites for hydroxylation is 2. The second kappa shape index (κ2) is 4.92. The van der Waals surface area contributed by atoms with Gasteiger partial charge in [0.1, 0.15) is 11.5 Å². The molecule has 1 aliphatic rings. The lowest BCUT2D eigenvalue weighted by Crippen LogP contribution is -2.47. The van der Waals surface area contributed by atoms with E-state index in [2.05, 4.69) is 5.32 Å². The summed E-state index contributed by atoms with van der Waals surface area (Å²) < 4.78 is 5.42. The molecule has 1 amide bonds. The van der Waals surface area contributed by atoms with Crippen LogP contribution in [-0.4, -0.2) is 37.0 Å². The Morgan fingerprint density at radius 1 is 1.53 bits per heavy atom. The summed E-state index contributed by atoms with van der Waals surface area (Å²) in [5.41, 5.74) is 0.708. The molecule has 1 saturated heterocycles. The Morgan fingerprint density at radius 2 is 2.29 bits per heavy atom. The highest BCUT2D eigenvalue weighted by Gasteiger charge is 2.25. The minimum atomic E-state index is 0.0966. The number of likely N-dealkylation sites (tertiary alicyclic amines) is 1. The summed E-state index contributed by atoms with van der Waals surface area (Å²) in [6.45, 7) is 5.36. The number of likely N-dealkylation sites (N-methyl/N-ethyl adjacent to an activating group) is 1. The molecule has 0 saturated carbocycles. The number of nitrogens with one attached hydrogen (secondary N) is 1. The third-order valence-corrected chi connectivity index (χ3v) is 3.39. The van der Waals surface area contributed by atoms with Gasteiger partial charge in [-0.05, 0) is 39.8 Å². The van der Waals surface area contributed by atoms with Gasteiger partial charge in [0.15, 0.2) is 0 Å². The summed E-state index contributed by atoms with van der Waals surface area (Å²) in [5.74, 6) is 1.62. The van der Waals surface area contributed by atoms with E-state index in [4.69, 9.17) is 4.42 Å². The van der Waals surface area contributed by atoms with Crippen molar-refractivity contribution in [3.63, 3.8) is 0 Å². The van der Waals surface area contributed by atoms with E-state index in [9.17, 15) is 4.79 Å². The van der Waals surface area contributed by atoms with Crippen molar-refractivity contribution in [3.8, 4) is 0 Å². The number of hydrogen-bond acceptors (Lipinski definition) is 3. The Labute approximate surface area is 102 Å². The molecule has 1 N–H and O–H groups in total. The first-order chi connectivity index (χ1) is 8.11. The van der Waals surface area contributed by atoms with Gasteiger partial charge in [0.25, 0.3) is 5.91 Å². The number of nitrogens with zero attached hydrogens (tertiary/aromatic N) is 1. The minimum absolute atomic E-state index is 0.0966. The van der Waals surface area contributed by atoms with Crippen LogP contribution in [0.5, 0.6) is 0 Å². The van der Waals surface area contributed by atoms with E-state index in [1.165, 1.54) is 0 Å². The van der Waals surface area contributed by atoms with Crippen LogP contribution in [0.2, 0.25) is 0 Å². The van der Waals surface area contributed by atoms with Gasteiger partial charge in [0.2, 0.25) is 0 Å². The number of rotatable bonds is 2. The largest absolute Gasteiger partial charge is 0.466 e. The zero-order valence-electron chi connectivity index (χ0n) is 10.7. The zero-order valence-corrected chi connectivity index (χ0v) is 10.7. The molecule has 1 atom stereocenters. The zero-order chi connectivity index (χ0) is 12.4. The van der Waals surface area contributed by atoms with Crippen molar-refractivity contribution >= 4 is 5.91 Å². The summed E-state index contributed by atoms with van der Waals surface area (Å²) in [7, 11) is 1.95. The molecule has 0 unspecified atom stereocenters. The standard InChI is InChI=1S/C13H20N2O2/c1-9-7-12(10(2)17-9)13(16)15-6-4-5-11(8-15)14-3/h7,11,14H,4-6,8H2,1-3H3/t11-/m0/s1. The molecule has 94 valence electrons. The van der Waals surface area contributed by atoms with Gasteiger partial charge in [-0.2, -0.15) is 0 Å². The number of piperidine rings is 1. The molecule has 4 heteroatoms. The van der Waals surface area contributed by atoms with Crippen LogP contribution in [0.15, 0.2) is 10.5 Å². The lowest BCUT2D eigenvalue weighted by atomic mass is 10.0. The van der Waals surface area contributed by atoms with E-state index in [-0.39, 0.29) is 5.91 Å². The van der Waals surface area contributed by atoms with Gasteiger partial charge in [-0.1, -0.05) is 0 Å². The summed E-state index contributed by atoms with van der Waals surface area (Å²) >= 11 is 0. The summed E-state index contributed by atoms with van der Waals surface area (Å²) in [6, 6.07) is 2.25. The second-order valence-corrected chi connectivity index (χ2v) is 4.71. The number of carbonyl (C=O) groups excluding carboxylic acids is 1. The average molecular weight is 236 g/mol. The molecule has 2 rings (SSSR count). The maximum Gasteiger partial charge on any atom is 0.257 e. The number of furan rings is 1. The third-order valence-electron chi connectivity index (χ3n) is 3.39. The summed E-state index contributed by atoms with van der Waals surface area (Å²) in [6.07, 6.45) is 2.21. The van der Waals surface area contributed by atoms with Crippen molar-refractivity contribution in [2.45, 2.75) is 32.7 Å². The van der Waals surface area contributed by atoms with Gasteiger partial charge >= 0.3 is 0 Å². The summed E-state index contributed by atoms with van der Waals surface area (Å²) in [5, 5.41) is 3.24. The Morgan fingerprint density at radius 3 is 2.88 bits per heavy atom. The van der Waals surface area contributed by atoms with Crippen LogP contribution in [0.4, 0.5) is 0 Å². The molecule has 1 aromatic heterocycles. The van der Waals surface area contributed by atoms with Crippen LogP contribution in [0.25, 0.3) is 0 Å². The topological polar surface area (TPSA) is 45.5 Å². The van der Waals surface area contributed by atoms with Crippen molar-refractivity contribution in [2.24, 2.45) is 0 Å². The molecule has 2 heterocycles. The highest BCUT2D eigenvalue weighted by Crippen LogP contribution is 2.19. The maximum absolute atomic E-state index is 12.3. The number of hydrogen-bond donors (Lipinski definition) is 1. The maximum atomic E-state index is 12.3. The molecule has 0 bridgehead atoms. The molecule has 1 aliphatic heterocycles. The van der Waals surface area contributed by atoms with Crippen molar-refractivity contribution in [1.82, 2.24) is 10.2 Å². The molecule has 0 spiro atoms. The van der Waals surface area contributed by atoms with Gasteiger partial charge in [0.05, 0.1) is 5.56 Å².